The molecule has 0 spiro atoms. The third kappa shape index (κ3) is 5.39. The van der Waals surface area contributed by atoms with Crippen LogP contribution in [-0.2, 0) is 21.4 Å². The number of hydrogen-bond acceptors (Lipinski definition) is 7. The van der Waals surface area contributed by atoms with Gasteiger partial charge >= 0.3 is 0 Å². The zero-order valence-corrected chi connectivity index (χ0v) is 20.0. The normalized spacial score (nSPS) is 15.9. The van der Waals surface area contributed by atoms with Crippen LogP contribution in [0.5, 0.6) is 17.2 Å². The Morgan fingerprint density at radius 2 is 1.73 bits per heavy atom. The van der Waals surface area contributed by atoms with Crippen molar-refractivity contribution in [3.63, 3.8) is 0 Å². The smallest absolute Gasteiger partial charge is 0.263 e. The molecule has 1 amide bonds. The van der Waals surface area contributed by atoms with Crippen LogP contribution in [0.15, 0.2) is 46.3 Å². The van der Waals surface area contributed by atoms with Crippen molar-refractivity contribution in [1.29, 1.82) is 0 Å². The van der Waals surface area contributed by atoms with E-state index in [9.17, 15) is 13.2 Å². The van der Waals surface area contributed by atoms with Crippen LogP contribution in [0.2, 0.25) is 0 Å². The summed E-state index contributed by atoms with van der Waals surface area (Å²) in [6.45, 7) is 2.20. The lowest BCUT2D eigenvalue weighted by atomic mass is 10.1. The van der Waals surface area contributed by atoms with Crippen LogP contribution in [0.1, 0.15) is 37.3 Å². The number of sulfonamides is 1. The molecule has 1 unspecified atom stereocenters. The van der Waals surface area contributed by atoms with Gasteiger partial charge in [0.05, 0.1) is 26.2 Å². The molecule has 178 valence electrons. The molecule has 0 bridgehead atoms. The van der Waals surface area contributed by atoms with E-state index in [4.69, 9.17) is 14.2 Å². The predicted octanol–water partition coefficient (Wildman–Crippen LogP) is 2.63. The van der Waals surface area contributed by atoms with Gasteiger partial charge in [-0.2, -0.15) is 0 Å². The number of nitrogens with zero attached hydrogens (tertiary/aromatic N) is 1. The first-order chi connectivity index (χ1) is 15.8. The summed E-state index contributed by atoms with van der Waals surface area (Å²) in [5, 5.41) is 2.89. The van der Waals surface area contributed by atoms with Crippen molar-refractivity contribution >= 4 is 21.8 Å². The second-order valence-electron chi connectivity index (χ2n) is 7.47. The minimum absolute atomic E-state index is 0.161. The number of amidine groups is 1. The standard InChI is InChI=1S/C23H29N3O6S/c1-5-6-10-17(25-22-16-9-7-8-11-21(16)33(28,29)26-22)23(27)24-14-15-12-19(31-3)20(32-4)13-18(15)30-2/h7-9,11-13,17H,5-6,10,14H2,1-4H3,(H,24,27)(H,25,26). The molecule has 9 nitrogen and oxygen atoms in total. The van der Waals surface area contributed by atoms with Crippen molar-refractivity contribution < 1.29 is 27.4 Å². The van der Waals surface area contributed by atoms with Gasteiger partial charge in [0, 0.05) is 23.7 Å². The third-order valence-corrected chi connectivity index (χ3v) is 6.72. The Morgan fingerprint density at radius 1 is 1.06 bits per heavy atom. The number of hydrogen-bond donors (Lipinski definition) is 2. The fourth-order valence-electron chi connectivity index (χ4n) is 3.57. The molecule has 0 fully saturated rings. The molecule has 1 aliphatic rings. The van der Waals surface area contributed by atoms with E-state index in [1.807, 2.05) is 6.92 Å². The average Bonchev–Trinajstić information content (AvgIpc) is 3.09. The Labute approximate surface area is 194 Å². The van der Waals surface area contributed by atoms with Crippen molar-refractivity contribution in [2.75, 3.05) is 21.3 Å². The van der Waals surface area contributed by atoms with Crippen molar-refractivity contribution in [3.8, 4) is 17.2 Å². The van der Waals surface area contributed by atoms with Crippen molar-refractivity contribution in [2.24, 2.45) is 4.99 Å². The maximum atomic E-state index is 13.1. The highest BCUT2D eigenvalue weighted by atomic mass is 32.2. The minimum Gasteiger partial charge on any atom is -0.496 e. The van der Waals surface area contributed by atoms with Crippen LogP contribution in [0.4, 0.5) is 0 Å². The first-order valence-corrected chi connectivity index (χ1v) is 12.1. The maximum absolute atomic E-state index is 13.1. The average molecular weight is 476 g/mol. The summed E-state index contributed by atoms with van der Waals surface area (Å²) in [5.74, 6) is 1.45. The molecule has 0 saturated carbocycles. The van der Waals surface area contributed by atoms with Gasteiger partial charge in [-0.3, -0.25) is 14.5 Å². The summed E-state index contributed by atoms with van der Waals surface area (Å²) >= 11 is 0. The van der Waals surface area contributed by atoms with Crippen LogP contribution in [0.3, 0.4) is 0 Å². The third-order valence-electron chi connectivity index (χ3n) is 5.32. The Morgan fingerprint density at radius 3 is 2.39 bits per heavy atom. The van der Waals surface area contributed by atoms with Gasteiger partial charge < -0.3 is 19.5 Å². The molecule has 2 N–H and O–H groups in total. The molecule has 2 aromatic carbocycles. The Kier molecular flexibility index (Phi) is 7.80. The topological polar surface area (TPSA) is 115 Å². The lowest BCUT2D eigenvalue weighted by Crippen LogP contribution is -2.35. The van der Waals surface area contributed by atoms with Gasteiger partial charge in [0.25, 0.3) is 10.0 Å². The number of aliphatic imine (C=N–C) groups is 1. The van der Waals surface area contributed by atoms with E-state index in [0.717, 1.165) is 12.8 Å². The quantitative estimate of drug-likeness (QED) is 0.546. The van der Waals surface area contributed by atoms with Crippen LogP contribution < -0.4 is 24.2 Å². The van der Waals surface area contributed by atoms with Gasteiger partial charge in [0.2, 0.25) is 5.91 Å². The summed E-state index contributed by atoms with van der Waals surface area (Å²) < 4.78 is 43.3. The fraction of sp³-hybridized carbons (Fsp3) is 0.391. The molecule has 0 saturated heterocycles. The number of benzene rings is 2. The summed E-state index contributed by atoms with van der Waals surface area (Å²) in [6.07, 6.45) is 2.13. The highest BCUT2D eigenvalue weighted by Gasteiger charge is 2.31. The van der Waals surface area contributed by atoms with E-state index in [1.54, 1.807) is 30.3 Å². The lowest BCUT2D eigenvalue weighted by molar-refractivity contribution is -0.122. The number of methoxy groups -OCH3 is 3. The molecule has 1 heterocycles. The SMILES string of the molecule is CCCCC(N=C1NS(=O)(=O)c2ccccc21)C(=O)NCc1cc(OC)c(OC)cc1OC. The Balaban J connectivity index is 1.84. The monoisotopic (exact) mass is 475 g/mol. The van der Waals surface area contributed by atoms with Crippen molar-refractivity contribution in [1.82, 2.24) is 10.0 Å². The first-order valence-electron chi connectivity index (χ1n) is 10.6. The van der Waals surface area contributed by atoms with Gasteiger partial charge in [0.15, 0.2) is 11.5 Å². The van der Waals surface area contributed by atoms with Gasteiger partial charge in [0.1, 0.15) is 17.6 Å². The van der Waals surface area contributed by atoms with Gasteiger partial charge in [-0.25, -0.2) is 8.42 Å². The highest BCUT2D eigenvalue weighted by molar-refractivity contribution is 7.90. The number of amides is 1. The molecule has 0 radical (unpaired) electrons. The second-order valence-corrected chi connectivity index (χ2v) is 9.13. The maximum Gasteiger partial charge on any atom is 0.263 e. The second kappa shape index (κ2) is 10.6. The number of unbranched alkanes of at least 4 members (excludes halogenated alkanes) is 1. The molecule has 2 aromatic rings. The zero-order valence-electron chi connectivity index (χ0n) is 19.2. The molecular formula is C23H29N3O6S. The summed E-state index contributed by atoms with van der Waals surface area (Å²) in [6, 6.07) is 9.27. The lowest BCUT2D eigenvalue weighted by Gasteiger charge is -2.17. The number of rotatable bonds is 10. The van der Waals surface area contributed by atoms with Gasteiger partial charge in [-0.15, -0.1) is 0 Å². The van der Waals surface area contributed by atoms with Crippen LogP contribution in [0.25, 0.3) is 0 Å². The fourth-order valence-corrected chi connectivity index (χ4v) is 4.81. The predicted molar refractivity (Wildman–Crippen MR) is 125 cm³/mol. The van der Waals surface area contributed by atoms with E-state index >= 15 is 0 Å². The molecule has 0 aromatic heterocycles. The molecule has 1 atom stereocenters. The van der Waals surface area contributed by atoms with Gasteiger partial charge in [-0.05, 0) is 24.6 Å². The summed E-state index contributed by atoms with van der Waals surface area (Å²) in [4.78, 5) is 17.7. The van der Waals surface area contributed by atoms with E-state index in [-0.39, 0.29) is 23.2 Å². The van der Waals surface area contributed by atoms with E-state index in [1.165, 1.54) is 27.4 Å². The van der Waals surface area contributed by atoms with Crippen LogP contribution in [0, 0.1) is 0 Å². The van der Waals surface area contributed by atoms with Crippen LogP contribution in [-0.4, -0.2) is 47.5 Å². The molecule has 0 aliphatic carbocycles. The van der Waals surface area contributed by atoms with Crippen molar-refractivity contribution in [3.05, 3.63) is 47.5 Å². The van der Waals surface area contributed by atoms with E-state index < -0.39 is 16.1 Å². The zero-order chi connectivity index (χ0) is 24.0. The van der Waals surface area contributed by atoms with E-state index in [2.05, 4.69) is 15.0 Å². The Bertz CT molecular complexity index is 1150. The molecular weight excluding hydrogens is 446 g/mol. The van der Waals surface area contributed by atoms with Crippen molar-refractivity contribution in [2.45, 2.75) is 43.7 Å². The molecule has 1 aliphatic heterocycles. The minimum atomic E-state index is -3.68. The number of carbonyl (C=O) groups is 1. The first kappa shape index (κ1) is 24.4. The van der Waals surface area contributed by atoms with E-state index in [0.29, 0.717) is 34.8 Å². The summed E-state index contributed by atoms with van der Waals surface area (Å²) in [5.41, 5.74) is 1.17. The summed E-state index contributed by atoms with van der Waals surface area (Å²) in [7, 11) is 0.919. The number of carbonyl (C=O) groups excluding carboxylic acids is 1. The molecule has 33 heavy (non-hydrogen) atoms. The Hall–Kier alpha value is -3.27. The van der Waals surface area contributed by atoms with Gasteiger partial charge in [-0.1, -0.05) is 31.9 Å². The number of nitrogens with one attached hydrogen (secondary N) is 2. The van der Waals surface area contributed by atoms with Crippen LogP contribution >= 0.6 is 0 Å². The molecule has 3 rings (SSSR count). The molecule has 10 heteroatoms. The largest absolute Gasteiger partial charge is 0.496 e. The number of ether oxygens (including phenoxy) is 3. The highest BCUT2D eigenvalue weighted by Crippen LogP contribution is 2.34. The number of fused-ring (bicyclic) bond motifs is 1.